The van der Waals surface area contributed by atoms with Crippen LogP contribution in [0.2, 0.25) is 0 Å². The Morgan fingerprint density at radius 3 is 2.40 bits per heavy atom. The summed E-state index contributed by atoms with van der Waals surface area (Å²) in [5.41, 5.74) is 9.87. The Bertz CT molecular complexity index is 636. The van der Waals surface area contributed by atoms with E-state index in [1.54, 1.807) is 12.1 Å². The van der Waals surface area contributed by atoms with Gasteiger partial charge < -0.3 is 15.4 Å². The van der Waals surface area contributed by atoms with Gasteiger partial charge in [-0.15, -0.1) is 0 Å². The fourth-order valence-corrected chi connectivity index (χ4v) is 2.00. The molecule has 0 aliphatic carbocycles. The van der Waals surface area contributed by atoms with Crippen molar-refractivity contribution in [2.45, 2.75) is 0 Å². The van der Waals surface area contributed by atoms with Gasteiger partial charge in [0, 0.05) is 25.5 Å². The molecule has 4 nitrogen and oxygen atoms in total. The maximum atomic E-state index is 11.5. The molecule has 2 N–H and O–H groups in total. The Morgan fingerprint density at radius 2 is 1.80 bits per heavy atom. The van der Waals surface area contributed by atoms with Gasteiger partial charge in [0.05, 0.1) is 12.7 Å². The molecule has 0 unspecified atom stereocenters. The third-order valence-electron chi connectivity index (χ3n) is 3.15. The van der Waals surface area contributed by atoms with E-state index in [4.69, 9.17) is 5.73 Å². The number of carbonyl (C=O) groups is 1. The molecule has 0 heterocycles. The van der Waals surface area contributed by atoms with Crippen LogP contribution < -0.4 is 10.6 Å². The highest BCUT2D eigenvalue weighted by molar-refractivity contribution is 5.96. The van der Waals surface area contributed by atoms with E-state index in [1.165, 1.54) is 7.11 Å². The molecule has 0 saturated carbocycles. The molecule has 0 atom stereocenters. The minimum absolute atomic E-state index is 0.389. The predicted molar refractivity (Wildman–Crippen MR) is 82.0 cm³/mol. The Hall–Kier alpha value is -2.49. The van der Waals surface area contributed by atoms with Gasteiger partial charge in [-0.3, -0.25) is 0 Å². The van der Waals surface area contributed by atoms with Crippen molar-refractivity contribution >= 4 is 17.3 Å². The first-order valence-corrected chi connectivity index (χ1v) is 6.28. The van der Waals surface area contributed by atoms with Gasteiger partial charge in [0.25, 0.3) is 0 Å². The maximum Gasteiger partial charge on any atom is 0.339 e. The summed E-state index contributed by atoms with van der Waals surface area (Å²) in [4.78, 5) is 13.6. The van der Waals surface area contributed by atoms with Crippen LogP contribution in [0.25, 0.3) is 11.1 Å². The Balaban J connectivity index is 2.41. The lowest BCUT2D eigenvalue weighted by Gasteiger charge is -2.14. The number of ether oxygens (including phenoxy) is 1. The van der Waals surface area contributed by atoms with Gasteiger partial charge in [-0.2, -0.15) is 0 Å². The van der Waals surface area contributed by atoms with Crippen LogP contribution >= 0.6 is 0 Å². The number of carbonyl (C=O) groups excluding carboxylic acids is 1. The smallest absolute Gasteiger partial charge is 0.339 e. The monoisotopic (exact) mass is 270 g/mol. The SMILES string of the molecule is COC(=O)c1ccc(-c2cccc(N(C)C)c2)cc1N. The van der Waals surface area contributed by atoms with Crippen LogP contribution in [0.15, 0.2) is 42.5 Å². The molecule has 2 aromatic rings. The molecule has 0 saturated heterocycles. The molecule has 4 heteroatoms. The topological polar surface area (TPSA) is 55.6 Å². The van der Waals surface area contributed by atoms with E-state index < -0.39 is 5.97 Å². The number of hydrogen-bond acceptors (Lipinski definition) is 4. The molecule has 2 rings (SSSR count). The Labute approximate surface area is 118 Å². The van der Waals surface area contributed by atoms with Crippen LogP contribution in [0.1, 0.15) is 10.4 Å². The van der Waals surface area contributed by atoms with Crippen LogP contribution in [-0.4, -0.2) is 27.2 Å². The van der Waals surface area contributed by atoms with E-state index in [2.05, 4.69) is 10.8 Å². The van der Waals surface area contributed by atoms with Crippen LogP contribution in [0.3, 0.4) is 0 Å². The molecule has 0 bridgehead atoms. The summed E-state index contributed by atoms with van der Waals surface area (Å²) in [5.74, 6) is -0.420. The van der Waals surface area contributed by atoms with E-state index in [-0.39, 0.29) is 0 Å². The minimum Gasteiger partial charge on any atom is -0.465 e. The second-order valence-electron chi connectivity index (χ2n) is 4.74. The van der Waals surface area contributed by atoms with Gasteiger partial charge >= 0.3 is 5.97 Å². The van der Waals surface area contributed by atoms with Crippen molar-refractivity contribution in [1.82, 2.24) is 0 Å². The number of rotatable bonds is 3. The number of hydrogen-bond donors (Lipinski definition) is 1. The lowest BCUT2D eigenvalue weighted by molar-refractivity contribution is 0.0602. The summed E-state index contributed by atoms with van der Waals surface area (Å²) >= 11 is 0. The van der Waals surface area contributed by atoms with Crippen LogP contribution in [0.4, 0.5) is 11.4 Å². The molecule has 0 aliphatic heterocycles. The predicted octanol–water partition coefficient (Wildman–Crippen LogP) is 2.79. The average Bonchev–Trinajstić information content (AvgIpc) is 2.46. The second-order valence-corrected chi connectivity index (χ2v) is 4.74. The first-order chi connectivity index (χ1) is 9.52. The Morgan fingerprint density at radius 1 is 1.10 bits per heavy atom. The van der Waals surface area contributed by atoms with Crippen molar-refractivity contribution in [3.8, 4) is 11.1 Å². The van der Waals surface area contributed by atoms with E-state index >= 15 is 0 Å². The third kappa shape index (κ3) is 2.74. The number of nitrogens with two attached hydrogens (primary N) is 1. The second kappa shape index (κ2) is 5.65. The number of methoxy groups -OCH3 is 1. The average molecular weight is 270 g/mol. The molecule has 2 aromatic carbocycles. The summed E-state index contributed by atoms with van der Waals surface area (Å²) in [7, 11) is 5.33. The fraction of sp³-hybridized carbons (Fsp3) is 0.188. The van der Waals surface area contributed by atoms with Crippen molar-refractivity contribution in [2.24, 2.45) is 0 Å². The lowest BCUT2D eigenvalue weighted by Crippen LogP contribution is -2.08. The van der Waals surface area contributed by atoms with Crippen molar-refractivity contribution in [2.75, 3.05) is 31.8 Å². The summed E-state index contributed by atoms with van der Waals surface area (Å²) < 4.78 is 4.69. The highest BCUT2D eigenvalue weighted by atomic mass is 16.5. The zero-order valence-corrected chi connectivity index (χ0v) is 11.9. The minimum atomic E-state index is -0.420. The number of benzene rings is 2. The molecule has 0 spiro atoms. The van der Waals surface area contributed by atoms with Crippen LogP contribution in [0, 0.1) is 0 Å². The van der Waals surface area contributed by atoms with Gasteiger partial charge in [0.2, 0.25) is 0 Å². The molecule has 104 valence electrons. The van der Waals surface area contributed by atoms with Crippen LogP contribution in [-0.2, 0) is 4.74 Å². The van der Waals surface area contributed by atoms with Gasteiger partial charge in [-0.1, -0.05) is 18.2 Å². The largest absolute Gasteiger partial charge is 0.465 e. The van der Waals surface area contributed by atoms with Gasteiger partial charge in [0.1, 0.15) is 0 Å². The molecule has 0 amide bonds. The highest BCUT2D eigenvalue weighted by Gasteiger charge is 2.11. The first kappa shape index (κ1) is 13.9. The Kier molecular flexibility index (Phi) is 3.94. The summed E-state index contributed by atoms with van der Waals surface area (Å²) in [6.45, 7) is 0. The van der Waals surface area contributed by atoms with E-state index in [9.17, 15) is 4.79 Å². The molecular weight excluding hydrogens is 252 g/mol. The van der Waals surface area contributed by atoms with E-state index in [0.717, 1.165) is 16.8 Å². The molecule has 20 heavy (non-hydrogen) atoms. The maximum absolute atomic E-state index is 11.5. The van der Waals surface area contributed by atoms with Gasteiger partial charge in [-0.25, -0.2) is 4.79 Å². The number of nitrogens with zero attached hydrogens (tertiary/aromatic N) is 1. The summed E-state index contributed by atoms with van der Waals surface area (Å²) in [6, 6.07) is 13.5. The highest BCUT2D eigenvalue weighted by Crippen LogP contribution is 2.27. The van der Waals surface area contributed by atoms with Crippen LogP contribution in [0.5, 0.6) is 0 Å². The van der Waals surface area contributed by atoms with Gasteiger partial charge in [0.15, 0.2) is 0 Å². The zero-order valence-electron chi connectivity index (χ0n) is 11.9. The molecule has 0 aromatic heterocycles. The fourth-order valence-electron chi connectivity index (χ4n) is 2.00. The van der Waals surface area contributed by atoms with E-state index in [1.807, 2.05) is 43.3 Å². The van der Waals surface area contributed by atoms with Crippen molar-refractivity contribution in [3.05, 3.63) is 48.0 Å². The molecular formula is C16H18N2O2. The number of nitrogen functional groups attached to an aromatic ring is 1. The van der Waals surface area contributed by atoms with Crippen molar-refractivity contribution in [3.63, 3.8) is 0 Å². The molecule has 0 radical (unpaired) electrons. The normalized spacial score (nSPS) is 10.2. The lowest BCUT2D eigenvalue weighted by atomic mass is 10.0. The summed E-state index contributed by atoms with van der Waals surface area (Å²) in [6.07, 6.45) is 0. The van der Waals surface area contributed by atoms with Gasteiger partial charge in [-0.05, 0) is 35.4 Å². The first-order valence-electron chi connectivity index (χ1n) is 6.28. The zero-order chi connectivity index (χ0) is 14.7. The number of esters is 1. The summed E-state index contributed by atoms with van der Waals surface area (Å²) in [5, 5.41) is 0. The number of anilines is 2. The molecule has 0 fully saturated rings. The van der Waals surface area contributed by atoms with E-state index in [0.29, 0.717) is 11.3 Å². The van der Waals surface area contributed by atoms with Crippen molar-refractivity contribution < 1.29 is 9.53 Å². The standard InChI is InChI=1S/C16H18N2O2/c1-18(2)13-6-4-5-11(9-13)12-7-8-14(15(17)10-12)16(19)20-3/h4-10H,17H2,1-3H3. The molecule has 0 aliphatic rings. The quantitative estimate of drug-likeness (QED) is 0.688. The van der Waals surface area contributed by atoms with Crippen molar-refractivity contribution in [1.29, 1.82) is 0 Å². The third-order valence-corrected chi connectivity index (χ3v) is 3.15.